The van der Waals surface area contributed by atoms with Crippen LogP contribution < -0.4 is 0 Å². The number of hydrogen-bond acceptors (Lipinski definition) is 2. The molecule has 0 aromatic carbocycles. The summed E-state index contributed by atoms with van der Waals surface area (Å²) in [6, 6.07) is 0. The van der Waals surface area contributed by atoms with Crippen molar-refractivity contribution >= 4 is 0 Å². The molecule has 0 aromatic rings. The van der Waals surface area contributed by atoms with Crippen LogP contribution in [0.2, 0.25) is 0 Å². The summed E-state index contributed by atoms with van der Waals surface area (Å²) in [6.45, 7) is 2.31. The van der Waals surface area contributed by atoms with Gasteiger partial charge in [0, 0.05) is 6.61 Å². The summed E-state index contributed by atoms with van der Waals surface area (Å²) < 4.78 is 17.1. The van der Waals surface area contributed by atoms with Crippen molar-refractivity contribution in [3.8, 4) is 0 Å². The minimum Gasteiger partial charge on any atom is -0.388 e. The van der Waals surface area contributed by atoms with Crippen LogP contribution in [-0.4, -0.2) is 31.1 Å². The van der Waals surface area contributed by atoms with E-state index >= 15 is 0 Å². The molecule has 1 N–H and O–H groups in total. The van der Waals surface area contributed by atoms with Gasteiger partial charge in [-0.1, -0.05) is 64.7 Å². The maximum Gasteiger partial charge on any atom is 0.118 e. The van der Waals surface area contributed by atoms with Crippen molar-refractivity contribution in [2.24, 2.45) is 0 Å². The Bertz CT molecular complexity index is 153. The zero-order chi connectivity index (χ0) is 13.5. The Morgan fingerprint density at radius 2 is 1.39 bits per heavy atom. The van der Waals surface area contributed by atoms with Crippen LogP contribution >= 0.6 is 0 Å². The molecule has 0 heterocycles. The van der Waals surface area contributed by atoms with Gasteiger partial charge in [0.15, 0.2) is 0 Å². The van der Waals surface area contributed by atoms with Crippen molar-refractivity contribution in [2.75, 3.05) is 19.9 Å². The Morgan fingerprint density at radius 3 is 1.89 bits per heavy atom. The van der Waals surface area contributed by atoms with Crippen LogP contribution in [0.25, 0.3) is 0 Å². The quantitative estimate of drug-likeness (QED) is 0.474. The van der Waals surface area contributed by atoms with Crippen LogP contribution in [-0.2, 0) is 4.74 Å². The lowest BCUT2D eigenvalue weighted by Gasteiger charge is -2.07. The fourth-order valence-electron chi connectivity index (χ4n) is 1.96. The van der Waals surface area contributed by atoms with Crippen LogP contribution in [0.1, 0.15) is 71.1 Å². The maximum atomic E-state index is 11.9. The number of aliphatic hydroxyl groups excluding tert-OH is 1. The van der Waals surface area contributed by atoms with Gasteiger partial charge in [0.05, 0.1) is 6.61 Å². The largest absolute Gasteiger partial charge is 0.388 e. The Hall–Kier alpha value is -0.150. The summed E-state index contributed by atoms with van der Waals surface area (Å²) in [5, 5.41) is 8.92. The van der Waals surface area contributed by atoms with E-state index < -0.39 is 12.8 Å². The third kappa shape index (κ3) is 13.9. The summed E-state index contributed by atoms with van der Waals surface area (Å²) in [5.74, 6) is 0. The number of ether oxygens (including phenoxy) is 1. The lowest BCUT2D eigenvalue weighted by molar-refractivity contribution is 0.0228. The van der Waals surface area contributed by atoms with Crippen molar-refractivity contribution in [3.05, 3.63) is 0 Å². The SMILES string of the molecule is CCCCCCCCCCCCOCC(O)CF. The molecule has 0 aliphatic heterocycles. The number of unbranched alkanes of at least 4 members (excludes halogenated alkanes) is 9. The second-order valence-electron chi connectivity index (χ2n) is 5.07. The lowest BCUT2D eigenvalue weighted by Crippen LogP contribution is -2.17. The van der Waals surface area contributed by atoms with Gasteiger partial charge in [-0.25, -0.2) is 4.39 Å². The molecule has 0 spiro atoms. The maximum absolute atomic E-state index is 11.9. The molecule has 110 valence electrons. The lowest BCUT2D eigenvalue weighted by atomic mass is 10.1. The molecule has 0 rings (SSSR count). The highest BCUT2D eigenvalue weighted by molar-refractivity contribution is 4.50. The van der Waals surface area contributed by atoms with E-state index in [1.807, 2.05) is 0 Å². The van der Waals surface area contributed by atoms with Gasteiger partial charge >= 0.3 is 0 Å². The third-order valence-corrected chi connectivity index (χ3v) is 3.13. The molecule has 1 unspecified atom stereocenters. The van der Waals surface area contributed by atoms with Gasteiger partial charge in [-0.2, -0.15) is 0 Å². The molecule has 18 heavy (non-hydrogen) atoms. The van der Waals surface area contributed by atoms with E-state index in [0.717, 1.165) is 6.42 Å². The molecule has 0 bridgehead atoms. The number of aliphatic hydroxyl groups is 1. The molecule has 0 fully saturated rings. The average Bonchev–Trinajstić information content (AvgIpc) is 2.39. The second kappa shape index (κ2) is 14.9. The first-order valence-corrected chi connectivity index (χ1v) is 7.63. The second-order valence-corrected chi connectivity index (χ2v) is 5.07. The van der Waals surface area contributed by atoms with Crippen molar-refractivity contribution in [3.63, 3.8) is 0 Å². The van der Waals surface area contributed by atoms with E-state index in [1.165, 1.54) is 57.8 Å². The zero-order valence-corrected chi connectivity index (χ0v) is 12.0. The van der Waals surface area contributed by atoms with E-state index in [1.54, 1.807) is 0 Å². The average molecular weight is 262 g/mol. The summed E-state index contributed by atoms with van der Waals surface area (Å²) in [7, 11) is 0. The van der Waals surface area contributed by atoms with Crippen molar-refractivity contribution in [1.29, 1.82) is 0 Å². The first kappa shape index (κ1) is 17.8. The predicted octanol–water partition coefficient (Wildman–Crippen LogP) is 4.25. The smallest absolute Gasteiger partial charge is 0.118 e. The molecule has 1 atom stereocenters. The van der Waals surface area contributed by atoms with Crippen LogP contribution in [0.15, 0.2) is 0 Å². The van der Waals surface area contributed by atoms with E-state index in [4.69, 9.17) is 9.84 Å². The molecular formula is C15H31FO2. The summed E-state index contributed by atoms with van der Waals surface area (Å²) >= 11 is 0. The van der Waals surface area contributed by atoms with Crippen molar-refractivity contribution in [1.82, 2.24) is 0 Å². The molecule has 3 heteroatoms. The monoisotopic (exact) mass is 262 g/mol. The molecular weight excluding hydrogens is 231 g/mol. The van der Waals surface area contributed by atoms with E-state index in [-0.39, 0.29) is 6.61 Å². The van der Waals surface area contributed by atoms with E-state index in [9.17, 15) is 4.39 Å². The van der Waals surface area contributed by atoms with Gasteiger partial charge in [-0.15, -0.1) is 0 Å². The van der Waals surface area contributed by atoms with Crippen LogP contribution in [0.4, 0.5) is 4.39 Å². The molecule has 0 aromatic heterocycles. The molecule has 0 saturated carbocycles. The molecule has 0 amide bonds. The highest BCUT2D eigenvalue weighted by Gasteiger charge is 2.01. The summed E-state index contributed by atoms with van der Waals surface area (Å²) in [5.41, 5.74) is 0. The van der Waals surface area contributed by atoms with Gasteiger partial charge < -0.3 is 9.84 Å². The van der Waals surface area contributed by atoms with Crippen LogP contribution in [0.3, 0.4) is 0 Å². The van der Waals surface area contributed by atoms with Crippen LogP contribution in [0, 0.1) is 0 Å². The Kier molecular flexibility index (Phi) is 14.8. The Balaban J connectivity index is 2.94. The zero-order valence-electron chi connectivity index (χ0n) is 12.0. The Labute approximate surface area is 112 Å². The van der Waals surface area contributed by atoms with Gasteiger partial charge in [-0.3, -0.25) is 0 Å². The normalized spacial score (nSPS) is 12.8. The van der Waals surface area contributed by atoms with Crippen molar-refractivity contribution in [2.45, 2.75) is 77.2 Å². The number of rotatable bonds is 14. The third-order valence-electron chi connectivity index (χ3n) is 3.13. The van der Waals surface area contributed by atoms with Gasteiger partial charge in [0.2, 0.25) is 0 Å². The minimum absolute atomic E-state index is 0.133. The highest BCUT2D eigenvalue weighted by atomic mass is 19.1. The van der Waals surface area contributed by atoms with Gasteiger partial charge in [0.1, 0.15) is 12.8 Å². The minimum atomic E-state index is -0.937. The van der Waals surface area contributed by atoms with Crippen LogP contribution in [0.5, 0.6) is 0 Å². The summed E-state index contributed by atoms with van der Waals surface area (Å²) in [6.07, 6.45) is 12.0. The Morgan fingerprint density at radius 1 is 0.889 bits per heavy atom. The standard InChI is InChI=1S/C15H31FO2/c1-2-3-4-5-6-7-8-9-10-11-12-18-14-15(17)13-16/h15,17H,2-14H2,1H3. The molecule has 0 aliphatic carbocycles. The molecule has 0 aliphatic rings. The fourth-order valence-corrected chi connectivity index (χ4v) is 1.96. The number of halogens is 1. The van der Waals surface area contributed by atoms with Gasteiger partial charge in [-0.05, 0) is 6.42 Å². The van der Waals surface area contributed by atoms with E-state index in [0.29, 0.717) is 6.61 Å². The first-order valence-electron chi connectivity index (χ1n) is 7.63. The topological polar surface area (TPSA) is 29.5 Å². The highest BCUT2D eigenvalue weighted by Crippen LogP contribution is 2.10. The summed E-state index contributed by atoms with van der Waals surface area (Å²) in [4.78, 5) is 0. The predicted molar refractivity (Wildman–Crippen MR) is 74.6 cm³/mol. The molecule has 0 saturated heterocycles. The van der Waals surface area contributed by atoms with Crippen molar-refractivity contribution < 1.29 is 14.2 Å². The van der Waals surface area contributed by atoms with E-state index in [2.05, 4.69) is 6.92 Å². The van der Waals surface area contributed by atoms with Gasteiger partial charge in [0.25, 0.3) is 0 Å². The molecule has 0 radical (unpaired) electrons. The number of alkyl halides is 1. The number of hydrogen-bond donors (Lipinski definition) is 1. The fraction of sp³-hybridized carbons (Fsp3) is 1.00. The first-order chi connectivity index (χ1) is 8.81. The molecule has 2 nitrogen and oxygen atoms in total.